The molecule has 2 saturated heterocycles. The molecule has 0 radical (unpaired) electrons. The molecular formula is C21H33N5O2. The lowest BCUT2D eigenvalue weighted by atomic mass is 9.93. The van der Waals surface area contributed by atoms with Crippen LogP contribution < -0.4 is 5.32 Å². The standard InChI is InChI=1S/C21H33N5O2/c1-15-18(13-24(2)23-15)12-22-20(27)17-4-3-9-26(14-17)19-7-10-25(11-8-19)21(28)16-5-6-16/h13,16-17,19H,3-12,14H2,1-2H3,(H,22,27)/t17-/m1/s1. The quantitative estimate of drug-likeness (QED) is 0.830. The fraction of sp³-hybridized carbons (Fsp3) is 0.762. The van der Waals surface area contributed by atoms with Crippen LogP contribution in [0.1, 0.15) is 49.8 Å². The normalized spacial score (nSPS) is 24.4. The molecule has 2 amide bonds. The van der Waals surface area contributed by atoms with E-state index in [2.05, 4.69) is 20.2 Å². The fourth-order valence-corrected chi connectivity index (χ4v) is 4.74. The van der Waals surface area contributed by atoms with Gasteiger partial charge in [0.1, 0.15) is 0 Å². The summed E-state index contributed by atoms with van der Waals surface area (Å²) in [5.41, 5.74) is 2.05. The third kappa shape index (κ3) is 4.40. The van der Waals surface area contributed by atoms with Gasteiger partial charge in [-0.1, -0.05) is 0 Å². The van der Waals surface area contributed by atoms with Gasteiger partial charge >= 0.3 is 0 Å². The lowest BCUT2D eigenvalue weighted by Crippen LogP contribution is -2.51. The Bertz CT molecular complexity index is 718. The molecular weight excluding hydrogens is 354 g/mol. The molecule has 1 N–H and O–H groups in total. The Morgan fingerprint density at radius 3 is 2.50 bits per heavy atom. The fourth-order valence-electron chi connectivity index (χ4n) is 4.74. The molecule has 0 spiro atoms. The number of likely N-dealkylation sites (tertiary alicyclic amines) is 2. The number of piperidine rings is 2. The molecule has 0 unspecified atom stereocenters. The molecule has 1 aromatic heterocycles. The molecule has 3 fully saturated rings. The van der Waals surface area contributed by atoms with Crippen LogP contribution in [0.3, 0.4) is 0 Å². The molecule has 28 heavy (non-hydrogen) atoms. The Labute approximate surface area is 167 Å². The molecule has 7 heteroatoms. The van der Waals surface area contributed by atoms with E-state index in [1.54, 1.807) is 4.68 Å². The van der Waals surface area contributed by atoms with Crippen molar-refractivity contribution in [1.29, 1.82) is 0 Å². The van der Waals surface area contributed by atoms with Gasteiger partial charge in [-0.05, 0) is 52.0 Å². The Hall–Kier alpha value is -1.89. The van der Waals surface area contributed by atoms with Crippen molar-refractivity contribution in [3.8, 4) is 0 Å². The highest BCUT2D eigenvalue weighted by molar-refractivity contribution is 5.81. The Morgan fingerprint density at radius 1 is 1.11 bits per heavy atom. The number of nitrogens with one attached hydrogen (secondary N) is 1. The van der Waals surface area contributed by atoms with Gasteiger partial charge in [-0.25, -0.2) is 0 Å². The number of aromatic nitrogens is 2. The Balaban J connectivity index is 1.25. The SMILES string of the molecule is Cc1nn(C)cc1CNC(=O)[C@@H]1CCCN(C2CCN(C(=O)C3CC3)CC2)C1. The largest absolute Gasteiger partial charge is 0.352 e. The van der Waals surface area contributed by atoms with Gasteiger partial charge in [0.2, 0.25) is 11.8 Å². The van der Waals surface area contributed by atoms with Gasteiger partial charge in [0, 0.05) is 56.9 Å². The maximum atomic E-state index is 12.7. The zero-order valence-electron chi connectivity index (χ0n) is 17.2. The second-order valence-corrected chi connectivity index (χ2v) is 8.80. The van der Waals surface area contributed by atoms with Crippen molar-refractivity contribution >= 4 is 11.8 Å². The summed E-state index contributed by atoms with van der Waals surface area (Å²) in [5, 5.41) is 7.45. The minimum absolute atomic E-state index is 0.0665. The average molecular weight is 388 g/mol. The average Bonchev–Trinajstić information content (AvgIpc) is 3.50. The van der Waals surface area contributed by atoms with E-state index in [1.807, 2.05) is 20.2 Å². The number of aryl methyl sites for hydroxylation is 2. The summed E-state index contributed by atoms with van der Waals surface area (Å²) in [6.07, 6.45) is 8.27. The molecule has 4 rings (SSSR count). The highest BCUT2D eigenvalue weighted by Gasteiger charge is 2.37. The molecule has 3 aliphatic rings. The molecule has 1 aromatic rings. The van der Waals surface area contributed by atoms with Gasteiger partial charge in [-0.3, -0.25) is 19.2 Å². The predicted octanol–water partition coefficient (Wildman–Crippen LogP) is 1.46. The first kappa shape index (κ1) is 19.4. The van der Waals surface area contributed by atoms with Crippen molar-refractivity contribution in [3.05, 3.63) is 17.5 Å². The van der Waals surface area contributed by atoms with E-state index < -0.39 is 0 Å². The summed E-state index contributed by atoms with van der Waals surface area (Å²) in [5.74, 6) is 0.925. The highest BCUT2D eigenvalue weighted by Crippen LogP contribution is 2.32. The van der Waals surface area contributed by atoms with Crippen LogP contribution in [0, 0.1) is 18.8 Å². The van der Waals surface area contributed by atoms with Gasteiger partial charge in [0.25, 0.3) is 0 Å². The zero-order valence-corrected chi connectivity index (χ0v) is 17.2. The van der Waals surface area contributed by atoms with Gasteiger partial charge in [0.15, 0.2) is 0 Å². The van der Waals surface area contributed by atoms with Crippen molar-refractivity contribution in [2.45, 2.75) is 58.0 Å². The summed E-state index contributed by atoms with van der Waals surface area (Å²) in [6, 6.07) is 0.513. The van der Waals surface area contributed by atoms with Gasteiger partial charge in [-0.15, -0.1) is 0 Å². The smallest absolute Gasteiger partial charge is 0.225 e. The van der Waals surface area contributed by atoms with Crippen LogP contribution in [0.25, 0.3) is 0 Å². The first-order valence-corrected chi connectivity index (χ1v) is 10.8. The van der Waals surface area contributed by atoms with Crippen molar-refractivity contribution in [3.63, 3.8) is 0 Å². The third-order valence-corrected chi connectivity index (χ3v) is 6.61. The lowest BCUT2D eigenvalue weighted by Gasteiger charge is -2.42. The van der Waals surface area contributed by atoms with Crippen LogP contribution in [0.15, 0.2) is 6.20 Å². The van der Waals surface area contributed by atoms with Crippen LogP contribution in [0.2, 0.25) is 0 Å². The lowest BCUT2D eigenvalue weighted by molar-refractivity contribution is -0.134. The highest BCUT2D eigenvalue weighted by atomic mass is 16.2. The van der Waals surface area contributed by atoms with E-state index in [0.717, 1.165) is 76.0 Å². The summed E-state index contributed by atoms with van der Waals surface area (Å²) in [4.78, 5) is 29.5. The molecule has 1 aliphatic carbocycles. The molecule has 154 valence electrons. The van der Waals surface area contributed by atoms with E-state index in [-0.39, 0.29) is 11.8 Å². The van der Waals surface area contributed by atoms with Crippen LogP contribution >= 0.6 is 0 Å². The molecule has 0 bridgehead atoms. The molecule has 2 aliphatic heterocycles. The van der Waals surface area contributed by atoms with Crippen molar-refractivity contribution in [1.82, 2.24) is 24.9 Å². The molecule has 1 atom stereocenters. The van der Waals surface area contributed by atoms with E-state index >= 15 is 0 Å². The van der Waals surface area contributed by atoms with Crippen LogP contribution in [-0.4, -0.2) is 63.6 Å². The number of nitrogens with zero attached hydrogens (tertiary/aromatic N) is 4. The van der Waals surface area contributed by atoms with E-state index in [0.29, 0.717) is 24.4 Å². The molecule has 7 nitrogen and oxygen atoms in total. The van der Waals surface area contributed by atoms with Crippen molar-refractivity contribution in [2.24, 2.45) is 18.9 Å². The third-order valence-electron chi connectivity index (χ3n) is 6.61. The molecule has 1 saturated carbocycles. The van der Waals surface area contributed by atoms with Crippen LogP contribution in [0.5, 0.6) is 0 Å². The summed E-state index contributed by atoms with van der Waals surface area (Å²) >= 11 is 0. The number of rotatable bonds is 5. The summed E-state index contributed by atoms with van der Waals surface area (Å²) in [6.45, 7) is 6.22. The summed E-state index contributed by atoms with van der Waals surface area (Å²) < 4.78 is 1.79. The number of carbonyl (C=O) groups is 2. The van der Waals surface area contributed by atoms with Gasteiger partial charge in [-0.2, -0.15) is 5.10 Å². The zero-order chi connectivity index (χ0) is 19.7. The maximum Gasteiger partial charge on any atom is 0.225 e. The van der Waals surface area contributed by atoms with Gasteiger partial charge in [0.05, 0.1) is 11.6 Å². The topological polar surface area (TPSA) is 70.5 Å². The van der Waals surface area contributed by atoms with E-state index in [1.165, 1.54) is 0 Å². The summed E-state index contributed by atoms with van der Waals surface area (Å²) in [7, 11) is 1.90. The molecule has 3 heterocycles. The Morgan fingerprint density at radius 2 is 1.86 bits per heavy atom. The molecule has 0 aromatic carbocycles. The first-order valence-electron chi connectivity index (χ1n) is 10.8. The monoisotopic (exact) mass is 387 g/mol. The number of hydrogen-bond donors (Lipinski definition) is 1. The maximum absolute atomic E-state index is 12.7. The minimum atomic E-state index is 0.0665. The first-order chi connectivity index (χ1) is 13.5. The van der Waals surface area contributed by atoms with E-state index in [4.69, 9.17) is 0 Å². The predicted molar refractivity (Wildman–Crippen MR) is 106 cm³/mol. The van der Waals surface area contributed by atoms with E-state index in [9.17, 15) is 9.59 Å². The second kappa shape index (κ2) is 8.23. The van der Waals surface area contributed by atoms with Crippen LogP contribution in [0.4, 0.5) is 0 Å². The number of hydrogen-bond acceptors (Lipinski definition) is 4. The Kier molecular flexibility index (Phi) is 5.71. The van der Waals surface area contributed by atoms with Gasteiger partial charge < -0.3 is 10.2 Å². The number of carbonyl (C=O) groups excluding carboxylic acids is 2. The van der Waals surface area contributed by atoms with Crippen molar-refractivity contribution < 1.29 is 9.59 Å². The number of amides is 2. The van der Waals surface area contributed by atoms with Crippen molar-refractivity contribution in [2.75, 3.05) is 26.2 Å². The minimum Gasteiger partial charge on any atom is -0.352 e. The van der Waals surface area contributed by atoms with Crippen LogP contribution in [-0.2, 0) is 23.2 Å². The second-order valence-electron chi connectivity index (χ2n) is 8.80.